The minimum atomic E-state index is -3.38. The van der Waals surface area contributed by atoms with Crippen LogP contribution in [-0.2, 0) is 9.84 Å². The topological polar surface area (TPSA) is 54.4 Å². The van der Waals surface area contributed by atoms with Crippen molar-refractivity contribution >= 4 is 9.84 Å². The van der Waals surface area contributed by atoms with Gasteiger partial charge in [-0.15, -0.1) is 19.1 Å². The molecule has 1 aromatic rings. The molecule has 0 aliphatic carbocycles. The second kappa shape index (κ2) is 8.71. The molecule has 0 atom stereocenters. The van der Waals surface area contributed by atoms with Crippen molar-refractivity contribution in [2.24, 2.45) is 0 Å². The molecule has 0 radical (unpaired) electrons. The fourth-order valence-electron chi connectivity index (χ4n) is 2.18. The monoisotopic (exact) mass is 332 g/mol. The molecule has 0 spiro atoms. The van der Waals surface area contributed by atoms with Crippen molar-refractivity contribution < 1.29 is 13.5 Å². The van der Waals surface area contributed by atoms with E-state index in [0.29, 0.717) is 25.7 Å². The highest BCUT2D eigenvalue weighted by Crippen LogP contribution is 2.22. The van der Waals surface area contributed by atoms with Crippen LogP contribution >= 0.6 is 0 Å². The molecule has 0 unspecified atom stereocenters. The van der Waals surface area contributed by atoms with Gasteiger partial charge in [0.1, 0.15) is 5.75 Å². The molecular formula is C19H24O3S. The van der Waals surface area contributed by atoms with E-state index in [9.17, 15) is 13.5 Å². The maximum Gasteiger partial charge on any atom is 0.189 e. The SMILES string of the molecule is C=CCC(O)(CC=C)CCC#CCS(=O)(=O)c1ccc(C)cc1. The van der Waals surface area contributed by atoms with Crippen LogP contribution in [0, 0.1) is 18.8 Å². The summed E-state index contributed by atoms with van der Waals surface area (Å²) < 4.78 is 24.3. The zero-order valence-electron chi connectivity index (χ0n) is 13.6. The van der Waals surface area contributed by atoms with Crippen molar-refractivity contribution in [3.8, 4) is 11.8 Å². The van der Waals surface area contributed by atoms with Crippen molar-refractivity contribution in [3.05, 3.63) is 55.1 Å². The van der Waals surface area contributed by atoms with E-state index in [0.717, 1.165) is 5.56 Å². The Morgan fingerprint density at radius 3 is 2.22 bits per heavy atom. The van der Waals surface area contributed by atoms with Gasteiger partial charge in [-0.1, -0.05) is 35.8 Å². The quantitative estimate of drug-likeness (QED) is 0.586. The molecule has 0 aliphatic heterocycles. The van der Waals surface area contributed by atoms with Gasteiger partial charge >= 0.3 is 0 Å². The molecule has 0 saturated carbocycles. The lowest BCUT2D eigenvalue weighted by Gasteiger charge is -2.24. The summed E-state index contributed by atoms with van der Waals surface area (Å²) in [5, 5.41) is 10.3. The van der Waals surface area contributed by atoms with Gasteiger partial charge in [0, 0.05) is 6.42 Å². The third-order valence-corrected chi connectivity index (χ3v) is 5.05. The lowest BCUT2D eigenvalue weighted by Crippen LogP contribution is -2.26. The molecule has 0 aliphatic rings. The van der Waals surface area contributed by atoms with Crippen molar-refractivity contribution in [3.63, 3.8) is 0 Å². The van der Waals surface area contributed by atoms with Crippen LogP contribution in [0.25, 0.3) is 0 Å². The van der Waals surface area contributed by atoms with Crippen molar-refractivity contribution in [2.75, 3.05) is 5.75 Å². The number of benzene rings is 1. The lowest BCUT2D eigenvalue weighted by atomic mass is 9.90. The predicted octanol–water partition coefficient (Wildman–Crippen LogP) is 3.44. The Balaban J connectivity index is 2.62. The van der Waals surface area contributed by atoms with Crippen LogP contribution in [0.1, 0.15) is 31.2 Å². The molecule has 23 heavy (non-hydrogen) atoms. The van der Waals surface area contributed by atoms with Gasteiger partial charge in [0.2, 0.25) is 0 Å². The standard InChI is InChI=1S/C19H24O3S/c1-4-13-19(20,14-5-2)15-7-6-8-16-23(21,22)18-11-9-17(3)10-12-18/h4-5,9-12,20H,1-2,7,13-16H2,3H3. The molecule has 0 bridgehead atoms. The largest absolute Gasteiger partial charge is 0.389 e. The summed E-state index contributed by atoms with van der Waals surface area (Å²) in [7, 11) is -3.38. The Hall–Kier alpha value is -1.83. The normalized spacial score (nSPS) is 11.4. The molecule has 0 amide bonds. The van der Waals surface area contributed by atoms with Crippen LogP contribution in [-0.4, -0.2) is 24.9 Å². The van der Waals surface area contributed by atoms with E-state index in [4.69, 9.17) is 0 Å². The van der Waals surface area contributed by atoms with Gasteiger partial charge in [0.15, 0.2) is 9.84 Å². The Kier molecular flexibility index (Phi) is 7.28. The molecule has 3 nitrogen and oxygen atoms in total. The fraction of sp³-hybridized carbons (Fsp3) is 0.368. The van der Waals surface area contributed by atoms with Crippen LogP contribution in [0.4, 0.5) is 0 Å². The first-order valence-corrected chi connectivity index (χ1v) is 9.17. The first kappa shape index (κ1) is 19.2. The summed E-state index contributed by atoms with van der Waals surface area (Å²) in [5.74, 6) is 5.32. The highest BCUT2D eigenvalue weighted by atomic mass is 32.2. The maximum absolute atomic E-state index is 12.1. The van der Waals surface area contributed by atoms with Gasteiger partial charge in [0.05, 0.1) is 10.5 Å². The van der Waals surface area contributed by atoms with E-state index in [-0.39, 0.29) is 10.6 Å². The van der Waals surface area contributed by atoms with E-state index >= 15 is 0 Å². The number of sulfone groups is 1. The molecule has 0 heterocycles. The van der Waals surface area contributed by atoms with Crippen LogP contribution in [0.3, 0.4) is 0 Å². The van der Waals surface area contributed by atoms with E-state index < -0.39 is 15.4 Å². The van der Waals surface area contributed by atoms with E-state index in [1.54, 1.807) is 36.4 Å². The maximum atomic E-state index is 12.1. The minimum Gasteiger partial charge on any atom is -0.389 e. The van der Waals surface area contributed by atoms with Gasteiger partial charge in [-0.05, 0) is 38.3 Å². The predicted molar refractivity (Wildman–Crippen MR) is 94.8 cm³/mol. The van der Waals surface area contributed by atoms with Crippen LogP contribution in [0.2, 0.25) is 0 Å². The van der Waals surface area contributed by atoms with Crippen molar-refractivity contribution in [1.82, 2.24) is 0 Å². The minimum absolute atomic E-state index is 0.211. The van der Waals surface area contributed by atoms with E-state index in [2.05, 4.69) is 25.0 Å². The van der Waals surface area contributed by atoms with Crippen LogP contribution in [0.5, 0.6) is 0 Å². The Labute approximate surface area is 139 Å². The summed E-state index contributed by atoms with van der Waals surface area (Å²) in [5.41, 5.74) is 0.118. The summed E-state index contributed by atoms with van der Waals surface area (Å²) in [6.45, 7) is 9.18. The first-order chi connectivity index (χ1) is 10.8. The first-order valence-electron chi connectivity index (χ1n) is 7.52. The highest BCUT2D eigenvalue weighted by Gasteiger charge is 2.22. The van der Waals surface area contributed by atoms with Crippen LogP contribution < -0.4 is 0 Å². The zero-order valence-corrected chi connectivity index (χ0v) is 14.4. The van der Waals surface area contributed by atoms with Gasteiger partial charge < -0.3 is 5.11 Å². The summed E-state index contributed by atoms with van der Waals surface area (Å²) in [6.07, 6.45) is 5.15. The Bertz CT molecular complexity index is 678. The van der Waals surface area contributed by atoms with Gasteiger partial charge in [-0.25, -0.2) is 8.42 Å². The molecule has 124 valence electrons. The summed E-state index contributed by atoms with van der Waals surface area (Å²) >= 11 is 0. The van der Waals surface area contributed by atoms with Gasteiger partial charge in [-0.2, -0.15) is 0 Å². The molecule has 1 rings (SSSR count). The zero-order chi connectivity index (χ0) is 17.3. The molecule has 0 saturated heterocycles. The number of rotatable bonds is 8. The number of hydrogen-bond acceptors (Lipinski definition) is 3. The van der Waals surface area contributed by atoms with E-state index in [1.807, 2.05) is 6.92 Å². The molecular weight excluding hydrogens is 308 g/mol. The average molecular weight is 332 g/mol. The summed E-state index contributed by atoms with van der Waals surface area (Å²) in [4.78, 5) is 0.284. The van der Waals surface area contributed by atoms with Gasteiger partial charge in [0.25, 0.3) is 0 Å². The number of aryl methyl sites for hydroxylation is 1. The average Bonchev–Trinajstić information content (AvgIpc) is 2.47. The summed E-state index contributed by atoms with van der Waals surface area (Å²) in [6, 6.07) is 6.73. The molecule has 1 aromatic carbocycles. The molecule has 4 heteroatoms. The third kappa shape index (κ3) is 6.43. The highest BCUT2D eigenvalue weighted by molar-refractivity contribution is 7.91. The smallest absolute Gasteiger partial charge is 0.189 e. The lowest BCUT2D eigenvalue weighted by molar-refractivity contribution is 0.0390. The number of hydrogen-bond donors (Lipinski definition) is 1. The molecule has 1 N–H and O–H groups in total. The third-order valence-electron chi connectivity index (χ3n) is 3.53. The second-order valence-corrected chi connectivity index (χ2v) is 7.63. The fourth-order valence-corrected chi connectivity index (χ4v) is 3.19. The number of aliphatic hydroxyl groups is 1. The second-order valence-electron chi connectivity index (χ2n) is 5.64. The molecule has 0 fully saturated rings. The van der Waals surface area contributed by atoms with Gasteiger partial charge in [-0.3, -0.25) is 0 Å². The Morgan fingerprint density at radius 1 is 1.13 bits per heavy atom. The Morgan fingerprint density at radius 2 is 1.70 bits per heavy atom. The van der Waals surface area contributed by atoms with Crippen molar-refractivity contribution in [2.45, 2.75) is 43.1 Å². The van der Waals surface area contributed by atoms with Crippen molar-refractivity contribution in [1.29, 1.82) is 0 Å². The van der Waals surface area contributed by atoms with Crippen LogP contribution in [0.15, 0.2) is 54.5 Å². The van der Waals surface area contributed by atoms with E-state index in [1.165, 1.54) is 0 Å². The molecule has 0 aromatic heterocycles.